The third kappa shape index (κ3) is 3.81. The maximum Gasteiger partial charge on any atom is 0.118 e. The van der Waals surface area contributed by atoms with Gasteiger partial charge in [0.1, 0.15) is 11.5 Å². The molecule has 0 bridgehead atoms. The van der Waals surface area contributed by atoms with E-state index < -0.39 is 0 Å². The van der Waals surface area contributed by atoms with Crippen molar-refractivity contribution in [2.45, 2.75) is 50.9 Å². The predicted molar refractivity (Wildman–Crippen MR) is 98.7 cm³/mol. The summed E-state index contributed by atoms with van der Waals surface area (Å²) in [5, 5.41) is 19.5. The zero-order valence-electron chi connectivity index (χ0n) is 14.3. The molecule has 2 aromatic rings. The molecule has 1 aliphatic rings. The zero-order chi connectivity index (χ0) is 16.9. The monoisotopic (exact) mass is 322 g/mol. The van der Waals surface area contributed by atoms with E-state index in [2.05, 4.69) is 31.2 Å². The van der Waals surface area contributed by atoms with Gasteiger partial charge in [0.15, 0.2) is 0 Å². The third-order valence-electron chi connectivity index (χ3n) is 5.02. The number of hydrogen-bond donors (Lipinski definition) is 2. The van der Waals surface area contributed by atoms with Crippen molar-refractivity contribution in [3.63, 3.8) is 0 Å². The molecule has 0 saturated heterocycles. The van der Waals surface area contributed by atoms with E-state index in [9.17, 15) is 10.2 Å². The van der Waals surface area contributed by atoms with Gasteiger partial charge in [-0.2, -0.15) is 0 Å². The Kier molecular flexibility index (Phi) is 5.24. The van der Waals surface area contributed by atoms with E-state index in [1.54, 1.807) is 12.1 Å². The summed E-state index contributed by atoms with van der Waals surface area (Å²) in [7, 11) is 0. The minimum absolute atomic E-state index is 0.320. The summed E-state index contributed by atoms with van der Waals surface area (Å²) in [6.45, 7) is 2.17. The van der Waals surface area contributed by atoms with Crippen LogP contribution in [0.3, 0.4) is 0 Å². The van der Waals surface area contributed by atoms with Crippen molar-refractivity contribution in [3.8, 4) is 11.5 Å². The molecule has 1 aliphatic carbocycles. The zero-order valence-corrected chi connectivity index (χ0v) is 14.3. The van der Waals surface area contributed by atoms with Crippen molar-refractivity contribution in [1.29, 1.82) is 0 Å². The number of aromatic hydroxyl groups is 2. The van der Waals surface area contributed by atoms with Gasteiger partial charge in [0.05, 0.1) is 0 Å². The SMILES string of the molecule is CCCCc1cc(C2C=CC(c3ccc(O)cc3)CC2)ccc1O. The fourth-order valence-corrected chi connectivity index (χ4v) is 3.50. The molecule has 0 radical (unpaired) electrons. The highest BCUT2D eigenvalue weighted by Gasteiger charge is 2.19. The van der Waals surface area contributed by atoms with Crippen molar-refractivity contribution in [1.82, 2.24) is 0 Å². The van der Waals surface area contributed by atoms with Crippen molar-refractivity contribution in [2.75, 3.05) is 0 Å². The smallest absolute Gasteiger partial charge is 0.118 e. The summed E-state index contributed by atoms with van der Waals surface area (Å²) in [5.41, 5.74) is 3.64. The molecular weight excluding hydrogens is 296 g/mol. The Morgan fingerprint density at radius 2 is 1.50 bits per heavy atom. The average molecular weight is 322 g/mol. The van der Waals surface area contributed by atoms with Gasteiger partial charge in [0.25, 0.3) is 0 Å². The first-order chi connectivity index (χ1) is 11.7. The molecule has 0 saturated carbocycles. The maximum absolute atomic E-state index is 10.0. The van der Waals surface area contributed by atoms with Crippen LogP contribution in [-0.4, -0.2) is 10.2 Å². The van der Waals surface area contributed by atoms with E-state index in [4.69, 9.17) is 0 Å². The molecule has 2 heteroatoms. The van der Waals surface area contributed by atoms with Gasteiger partial charge in [0, 0.05) is 11.8 Å². The predicted octanol–water partition coefficient (Wildman–Crippen LogP) is 5.66. The van der Waals surface area contributed by atoms with Crippen LogP contribution in [0.5, 0.6) is 11.5 Å². The molecule has 0 aliphatic heterocycles. The van der Waals surface area contributed by atoms with Crippen LogP contribution in [-0.2, 0) is 6.42 Å². The van der Waals surface area contributed by atoms with Gasteiger partial charge in [0.2, 0.25) is 0 Å². The average Bonchev–Trinajstić information content (AvgIpc) is 2.62. The van der Waals surface area contributed by atoms with E-state index in [0.29, 0.717) is 23.3 Å². The molecule has 2 N–H and O–H groups in total. The number of allylic oxidation sites excluding steroid dienone is 2. The molecule has 0 aromatic heterocycles. The molecule has 0 amide bonds. The second-order valence-electron chi connectivity index (χ2n) is 6.76. The van der Waals surface area contributed by atoms with Crippen molar-refractivity contribution >= 4 is 0 Å². The van der Waals surface area contributed by atoms with Crippen LogP contribution >= 0.6 is 0 Å². The van der Waals surface area contributed by atoms with Gasteiger partial charge in [-0.1, -0.05) is 49.8 Å². The Morgan fingerprint density at radius 3 is 2.12 bits per heavy atom. The minimum Gasteiger partial charge on any atom is -0.508 e. The molecular formula is C22H26O2. The number of rotatable bonds is 5. The normalized spacial score (nSPS) is 20.2. The molecule has 0 spiro atoms. The van der Waals surface area contributed by atoms with Gasteiger partial charge in [-0.3, -0.25) is 0 Å². The molecule has 2 nitrogen and oxygen atoms in total. The summed E-state index contributed by atoms with van der Waals surface area (Å²) >= 11 is 0. The van der Waals surface area contributed by atoms with E-state index in [-0.39, 0.29) is 0 Å². The van der Waals surface area contributed by atoms with E-state index >= 15 is 0 Å². The first kappa shape index (κ1) is 16.6. The topological polar surface area (TPSA) is 40.5 Å². The van der Waals surface area contributed by atoms with Crippen LogP contribution in [0.25, 0.3) is 0 Å². The number of hydrogen-bond acceptors (Lipinski definition) is 2. The Balaban J connectivity index is 1.73. The van der Waals surface area contributed by atoms with E-state index in [1.165, 1.54) is 11.1 Å². The van der Waals surface area contributed by atoms with Crippen molar-refractivity contribution in [2.24, 2.45) is 0 Å². The van der Waals surface area contributed by atoms with Crippen LogP contribution < -0.4 is 0 Å². The first-order valence-corrected chi connectivity index (χ1v) is 8.96. The molecule has 2 aromatic carbocycles. The summed E-state index contributed by atoms with van der Waals surface area (Å²) in [5.74, 6) is 1.60. The second kappa shape index (κ2) is 7.57. The number of phenolic OH excluding ortho intramolecular Hbond substituents is 2. The highest BCUT2D eigenvalue weighted by atomic mass is 16.3. The van der Waals surface area contributed by atoms with Gasteiger partial charge < -0.3 is 10.2 Å². The molecule has 126 valence electrons. The standard InChI is InChI=1S/C22H26O2/c1-2-3-4-20-15-19(11-14-22(20)24)18-7-5-16(6-8-18)17-9-12-21(23)13-10-17/h5,7,9-16,18,23-24H,2-4,6,8H2,1H3. The lowest BCUT2D eigenvalue weighted by Gasteiger charge is -2.24. The Morgan fingerprint density at radius 1 is 0.875 bits per heavy atom. The van der Waals surface area contributed by atoms with E-state index in [0.717, 1.165) is 37.7 Å². The number of aryl methyl sites for hydroxylation is 1. The molecule has 3 rings (SSSR count). The molecule has 0 heterocycles. The molecule has 0 fully saturated rings. The fourth-order valence-electron chi connectivity index (χ4n) is 3.50. The summed E-state index contributed by atoms with van der Waals surface area (Å²) in [6.07, 6.45) is 10.0. The summed E-state index contributed by atoms with van der Waals surface area (Å²) in [4.78, 5) is 0. The van der Waals surface area contributed by atoms with Crippen LogP contribution in [0.1, 0.15) is 61.1 Å². The Labute approximate surface area is 144 Å². The van der Waals surface area contributed by atoms with Gasteiger partial charge >= 0.3 is 0 Å². The molecule has 24 heavy (non-hydrogen) atoms. The summed E-state index contributed by atoms with van der Waals surface area (Å²) in [6, 6.07) is 13.6. The van der Waals surface area contributed by atoms with Crippen LogP contribution in [0.2, 0.25) is 0 Å². The summed E-state index contributed by atoms with van der Waals surface area (Å²) < 4.78 is 0. The van der Waals surface area contributed by atoms with Crippen LogP contribution in [0.4, 0.5) is 0 Å². The highest BCUT2D eigenvalue weighted by molar-refractivity contribution is 5.40. The highest BCUT2D eigenvalue weighted by Crippen LogP contribution is 2.37. The van der Waals surface area contributed by atoms with Crippen molar-refractivity contribution < 1.29 is 10.2 Å². The van der Waals surface area contributed by atoms with Gasteiger partial charge in [-0.05, 0) is 60.6 Å². The lowest BCUT2D eigenvalue weighted by Crippen LogP contribution is -2.07. The van der Waals surface area contributed by atoms with Crippen molar-refractivity contribution in [3.05, 3.63) is 71.3 Å². The number of unbranched alkanes of at least 4 members (excludes halogenated alkanes) is 1. The Bertz CT molecular complexity index is 700. The Hall–Kier alpha value is -2.22. The number of benzene rings is 2. The second-order valence-corrected chi connectivity index (χ2v) is 6.76. The van der Waals surface area contributed by atoms with Gasteiger partial charge in [-0.25, -0.2) is 0 Å². The molecule has 2 unspecified atom stereocenters. The third-order valence-corrected chi connectivity index (χ3v) is 5.02. The van der Waals surface area contributed by atoms with Gasteiger partial charge in [-0.15, -0.1) is 0 Å². The number of phenols is 2. The minimum atomic E-state index is 0.320. The largest absolute Gasteiger partial charge is 0.508 e. The molecule has 2 atom stereocenters. The lowest BCUT2D eigenvalue weighted by molar-refractivity contribution is 0.466. The first-order valence-electron chi connectivity index (χ1n) is 8.96. The quantitative estimate of drug-likeness (QED) is 0.697. The fraction of sp³-hybridized carbons (Fsp3) is 0.364. The van der Waals surface area contributed by atoms with Crippen LogP contribution in [0, 0.1) is 0 Å². The lowest BCUT2D eigenvalue weighted by atomic mass is 9.81. The van der Waals surface area contributed by atoms with Crippen LogP contribution in [0.15, 0.2) is 54.6 Å². The maximum atomic E-state index is 10.0. The van der Waals surface area contributed by atoms with E-state index in [1.807, 2.05) is 18.2 Å².